The van der Waals surface area contributed by atoms with Crippen LogP contribution in [0.1, 0.15) is 52.9 Å². The first-order valence-corrected chi connectivity index (χ1v) is 5.32. The lowest BCUT2D eigenvalue weighted by Crippen LogP contribution is -2.35. The minimum absolute atomic E-state index is 0.216. The van der Waals surface area contributed by atoms with Crippen LogP contribution in [0.3, 0.4) is 0 Å². The van der Waals surface area contributed by atoms with Crippen LogP contribution < -0.4 is 0 Å². The molecule has 0 saturated carbocycles. The monoisotopic (exact) mass is 204 g/mol. The number of unbranched alkanes of at least 4 members (excludes halogenated alkanes) is 2. The van der Waals surface area contributed by atoms with Crippen LogP contribution in [0.15, 0.2) is 0 Å². The van der Waals surface area contributed by atoms with Gasteiger partial charge in [0.1, 0.15) is 0 Å². The Balaban J connectivity index is 3.72. The molecule has 0 fully saturated rings. The number of aliphatic hydroxyl groups is 3. The molecular formula is C11H24O3. The first-order valence-electron chi connectivity index (χ1n) is 5.32. The largest absolute Gasteiger partial charge is 0.396 e. The Hall–Kier alpha value is -0.120. The van der Waals surface area contributed by atoms with Crippen molar-refractivity contribution < 1.29 is 15.3 Å². The van der Waals surface area contributed by atoms with Gasteiger partial charge in [-0.15, -0.1) is 0 Å². The van der Waals surface area contributed by atoms with E-state index < -0.39 is 11.2 Å². The zero-order chi connectivity index (χ0) is 11.2. The van der Waals surface area contributed by atoms with Crippen molar-refractivity contribution in [3.63, 3.8) is 0 Å². The fourth-order valence-electron chi connectivity index (χ4n) is 1.81. The molecule has 86 valence electrons. The molecule has 3 heteroatoms. The van der Waals surface area contributed by atoms with Crippen LogP contribution in [-0.4, -0.2) is 33.1 Å². The molecule has 0 aromatic carbocycles. The molecule has 0 aliphatic carbocycles. The molecule has 1 atom stereocenters. The van der Waals surface area contributed by atoms with Gasteiger partial charge >= 0.3 is 0 Å². The van der Waals surface area contributed by atoms with Gasteiger partial charge in [-0.25, -0.2) is 0 Å². The van der Waals surface area contributed by atoms with Gasteiger partial charge in [-0.05, 0) is 33.6 Å². The zero-order valence-electron chi connectivity index (χ0n) is 9.58. The third-order valence-corrected chi connectivity index (χ3v) is 2.19. The molecular weight excluding hydrogens is 180 g/mol. The summed E-state index contributed by atoms with van der Waals surface area (Å²) in [5.41, 5.74) is -1.62. The van der Waals surface area contributed by atoms with Crippen LogP contribution in [0.25, 0.3) is 0 Å². The summed E-state index contributed by atoms with van der Waals surface area (Å²) in [6.07, 6.45) is 3.68. The van der Waals surface area contributed by atoms with Crippen molar-refractivity contribution in [2.45, 2.75) is 64.1 Å². The van der Waals surface area contributed by atoms with Crippen LogP contribution in [0.4, 0.5) is 0 Å². The molecule has 0 aliphatic rings. The zero-order valence-corrected chi connectivity index (χ0v) is 9.58. The molecule has 0 heterocycles. The van der Waals surface area contributed by atoms with Gasteiger partial charge in [0, 0.05) is 13.0 Å². The fourth-order valence-corrected chi connectivity index (χ4v) is 1.81. The van der Waals surface area contributed by atoms with E-state index in [4.69, 9.17) is 5.11 Å². The van der Waals surface area contributed by atoms with Crippen LogP contribution in [0.5, 0.6) is 0 Å². The van der Waals surface area contributed by atoms with Gasteiger partial charge < -0.3 is 15.3 Å². The van der Waals surface area contributed by atoms with E-state index in [9.17, 15) is 10.2 Å². The molecule has 1 unspecified atom stereocenters. The van der Waals surface area contributed by atoms with Crippen molar-refractivity contribution in [3.05, 3.63) is 0 Å². The van der Waals surface area contributed by atoms with Crippen LogP contribution >= 0.6 is 0 Å². The lowest BCUT2D eigenvalue weighted by molar-refractivity contribution is -0.0410. The van der Waals surface area contributed by atoms with Gasteiger partial charge in [0.05, 0.1) is 11.2 Å². The molecule has 0 aliphatic heterocycles. The third kappa shape index (κ3) is 8.48. The Morgan fingerprint density at radius 2 is 1.50 bits per heavy atom. The molecule has 3 nitrogen and oxygen atoms in total. The minimum atomic E-state index is -0.819. The summed E-state index contributed by atoms with van der Waals surface area (Å²) < 4.78 is 0. The topological polar surface area (TPSA) is 60.7 Å². The maximum Gasteiger partial charge on any atom is 0.0646 e. The lowest BCUT2D eigenvalue weighted by atomic mass is 9.87. The number of hydrogen-bond acceptors (Lipinski definition) is 3. The van der Waals surface area contributed by atoms with Gasteiger partial charge in [-0.2, -0.15) is 0 Å². The average molecular weight is 204 g/mol. The summed E-state index contributed by atoms with van der Waals surface area (Å²) in [4.78, 5) is 0. The van der Waals surface area contributed by atoms with E-state index in [0.717, 1.165) is 19.3 Å². The summed E-state index contributed by atoms with van der Waals surface area (Å²) in [5.74, 6) is 0. The van der Waals surface area contributed by atoms with Gasteiger partial charge in [0.2, 0.25) is 0 Å². The van der Waals surface area contributed by atoms with Gasteiger partial charge in [-0.1, -0.05) is 12.8 Å². The first-order chi connectivity index (χ1) is 6.27. The Morgan fingerprint density at radius 1 is 0.929 bits per heavy atom. The van der Waals surface area contributed by atoms with Crippen molar-refractivity contribution in [1.82, 2.24) is 0 Å². The van der Waals surface area contributed by atoms with E-state index >= 15 is 0 Å². The second-order valence-electron chi connectivity index (χ2n) is 5.02. The number of rotatable bonds is 7. The highest BCUT2D eigenvalue weighted by Gasteiger charge is 2.28. The molecule has 0 rings (SSSR count). The van der Waals surface area contributed by atoms with Crippen molar-refractivity contribution in [1.29, 1.82) is 0 Å². The number of aliphatic hydroxyl groups excluding tert-OH is 1. The quantitative estimate of drug-likeness (QED) is 0.550. The summed E-state index contributed by atoms with van der Waals surface area (Å²) in [5, 5.41) is 28.1. The third-order valence-electron chi connectivity index (χ3n) is 2.19. The molecule has 0 saturated heterocycles. The van der Waals surface area contributed by atoms with E-state index in [1.54, 1.807) is 20.8 Å². The van der Waals surface area contributed by atoms with Gasteiger partial charge in [0.25, 0.3) is 0 Å². The number of hydrogen-bond donors (Lipinski definition) is 3. The second-order valence-corrected chi connectivity index (χ2v) is 5.02. The Kier molecular flexibility index (Phi) is 5.64. The Morgan fingerprint density at radius 3 is 1.93 bits per heavy atom. The Labute approximate surface area is 86.8 Å². The van der Waals surface area contributed by atoms with E-state index in [0.29, 0.717) is 12.8 Å². The highest BCUT2D eigenvalue weighted by Crippen LogP contribution is 2.25. The maximum atomic E-state index is 9.93. The molecule has 14 heavy (non-hydrogen) atoms. The Bertz CT molecular complexity index is 147. The predicted octanol–water partition coefficient (Wildman–Crippen LogP) is 1.45. The van der Waals surface area contributed by atoms with Gasteiger partial charge in [-0.3, -0.25) is 0 Å². The van der Waals surface area contributed by atoms with Gasteiger partial charge in [0.15, 0.2) is 0 Å². The summed E-state index contributed by atoms with van der Waals surface area (Å²) in [7, 11) is 0. The highest BCUT2D eigenvalue weighted by molar-refractivity contribution is 4.81. The molecule has 0 bridgehead atoms. The summed E-state index contributed by atoms with van der Waals surface area (Å²) in [6, 6.07) is 0. The van der Waals surface area contributed by atoms with Crippen molar-refractivity contribution >= 4 is 0 Å². The molecule has 0 aromatic rings. The normalized spacial score (nSPS) is 16.7. The van der Waals surface area contributed by atoms with E-state index in [1.807, 2.05) is 0 Å². The van der Waals surface area contributed by atoms with Crippen molar-refractivity contribution in [2.75, 3.05) is 6.61 Å². The van der Waals surface area contributed by atoms with Crippen LogP contribution in [0, 0.1) is 0 Å². The van der Waals surface area contributed by atoms with E-state index in [1.165, 1.54) is 0 Å². The molecule has 3 N–H and O–H groups in total. The standard InChI is InChI=1S/C11H24O3/c1-10(2,13)9-11(3,14)7-5-4-6-8-12/h12-14H,4-9H2,1-3H3. The van der Waals surface area contributed by atoms with Crippen molar-refractivity contribution in [3.8, 4) is 0 Å². The molecule has 0 aromatic heterocycles. The fraction of sp³-hybridized carbons (Fsp3) is 1.00. The summed E-state index contributed by atoms with van der Waals surface area (Å²) >= 11 is 0. The second kappa shape index (κ2) is 5.69. The SMILES string of the molecule is CC(C)(O)CC(C)(O)CCCCCO. The molecule has 0 spiro atoms. The maximum absolute atomic E-state index is 9.93. The first kappa shape index (κ1) is 13.9. The van der Waals surface area contributed by atoms with Crippen molar-refractivity contribution in [2.24, 2.45) is 0 Å². The highest BCUT2D eigenvalue weighted by atomic mass is 16.3. The minimum Gasteiger partial charge on any atom is -0.396 e. The van der Waals surface area contributed by atoms with Crippen LogP contribution in [0.2, 0.25) is 0 Å². The molecule has 0 radical (unpaired) electrons. The van der Waals surface area contributed by atoms with E-state index in [-0.39, 0.29) is 6.61 Å². The summed E-state index contributed by atoms with van der Waals surface area (Å²) in [6.45, 7) is 5.38. The smallest absolute Gasteiger partial charge is 0.0646 e. The average Bonchev–Trinajstić information content (AvgIpc) is 1.93. The lowest BCUT2D eigenvalue weighted by Gasteiger charge is -2.30. The van der Waals surface area contributed by atoms with E-state index in [2.05, 4.69) is 0 Å². The van der Waals surface area contributed by atoms with Crippen LogP contribution in [-0.2, 0) is 0 Å². The molecule has 0 amide bonds. The predicted molar refractivity (Wildman–Crippen MR) is 57.1 cm³/mol.